The maximum atomic E-state index is 7.08. The van der Waals surface area contributed by atoms with Gasteiger partial charge in [0.05, 0.1) is 39.6 Å². The zero-order valence-electron chi connectivity index (χ0n) is 38.1. The molecule has 0 aliphatic heterocycles. The Balaban J connectivity index is 6.80. The van der Waals surface area contributed by atoms with Gasteiger partial charge >= 0.3 is 0 Å². The lowest BCUT2D eigenvalue weighted by Gasteiger charge is -2.30. The van der Waals surface area contributed by atoms with E-state index in [2.05, 4.69) is 55.4 Å². The average Bonchev–Trinajstić information content (AvgIpc) is 3.19. The number of ether oxygens (including phenoxy) is 7. The van der Waals surface area contributed by atoms with Crippen LogP contribution < -0.4 is 0 Å². The van der Waals surface area contributed by atoms with Crippen molar-refractivity contribution in [1.29, 1.82) is 0 Å². The van der Waals surface area contributed by atoms with Crippen LogP contribution in [0.3, 0.4) is 0 Å². The van der Waals surface area contributed by atoms with Crippen molar-refractivity contribution in [2.24, 2.45) is 0 Å². The highest BCUT2D eigenvalue weighted by Gasteiger charge is 2.32. The van der Waals surface area contributed by atoms with Gasteiger partial charge in [0.2, 0.25) is 12.6 Å². The summed E-state index contributed by atoms with van der Waals surface area (Å²) >= 11 is 0. The Hall–Kier alpha value is -1.44. The van der Waals surface area contributed by atoms with E-state index in [4.69, 9.17) is 33.2 Å². The molecule has 0 spiro atoms. The second-order valence-electron chi connectivity index (χ2n) is 15.4. The molecular weight excluding hydrogens is 689 g/mol. The van der Waals surface area contributed by atoms with Gasteiger partial charge in [0.15, 0.2) is 11.5 Å². The highest BCUT2D eigenvalue weighted by atomic mass is 16.8. The second kappa shape index (κ2) is 42.2. The molecule has 7 nitrogen and oxygen atoms in total. The summed E-state index contributed by atoms with van der Waals surface area (Å²) in [6.07, 6.45) is 29.9. The smallest absolute Gasteiger partial charge is 0.223 e. The average molecular weight is 783 g/mol. The van der Waals surface area contributed by atoms with E-state index in [1.54, 1.807) is 0 Å². The molecule has 2 unspecified atom stereocenters. The summed E-state index contributed by atoms with van der Waals surface area (Å²) in [7, 11) is 0. The topological polar surface area (TPSA) is 64.6 Å². The van der Waals surface area contributed by atoms with Crippen molar-refractivity contribution in [1.82, 2.24) is 0 Å². The van der Waals surface area contributed by atoms with E-state index < -0.39 is 12.6 Å². The van der Waals surface area contributed by atoms with Crippen LogP contribution in [-0.4, -0.2) is 52.2 Å². The van der Waals surface area contributed by atoms with Crippen LogP contribution in [0.15, 0.2) is 23.0 Å². The summed E-state index contributed by atoms with van der Waals surface area (Å²) in [4.78, 5) is 0. The molecule has 0 bridgehead atoms. The van der Waals surface area contributed by atoms with Gasteiger partial charge in [0.1, 0.15) is 11.5 Å². The lowest BCUT2D eigenvalue weighted by atomic mass is 10.1. The molecule has 0 heterocycles. The number of allylic oxidation sites excluding steroid dienone is 2. The van der Waals surface area contributed by atoms with E-state index in [0.717, 1.165) is 114 Å². The molecule has 328 valence electrons. The monoisotopic (exact) mass is 783 g/mol. The first-order valence-electron chi connectivity index (χ1n) is 23.9. The summed E-state index contributed by atoms with van der Waals surface area (Å²) < 4.78 is 46.8. The normalized spacial score (nSPS) is 13.7. The highest BCUT2D eigenvalue weighted by Crippen LogP contribution is 2.29. The summed E-state index contributed by atoms with van der Waals surface area (Å²) in [5, 5.41) is 0. The number of hydrogen-bond acceptors (Lipinski definition) is 7. The third-order valence-electron chi connectivity index (χ3n) is 9.66. The van der Waals surface area contributed by atoms with Gasteiger partial charge in [-0.3, -0.25) is 0 Å². The zero-order valence-corrected chi connectivity index (χ0v) is 38.1. The SMILES string of the molecule is CCCCCCCCCCOC(OC(OCCCCCCCCCC)C(OCCC)=C(CCCCC)OCCC)C(OCCC)=C(CCCCC)OCCC. The number of rotatable bonds is 44. The van der Waals surface area contributed by atoms with Crippen molar-refractivity contribution >= 4 is 0 Å². The summed E-state index contributed by atoms with van der Waals surface area (Å²) in [6.45, 7) is 21.1. The third-order valence-corrected chi connectivity index (χ3v) is 9.66. The van der Waals surface area contributed by atoms with E-state index in [1.165, 1.54) is 77.0 Å². The molecular formula is C48H94O7. The van der Waals surface area contributed by atoms with Gasteiger partial charge in [-0.1, -0.05) is 171 Å². The molecule has 0 amide bonds. The van der Waals surface area contributed by atoms with Crippen molar-refractivity contribution in [2.45, 2.75) is 248 Å². The Morgan fingerprint density at radius 3 is 0.909 bits per heavy atom. The van der Waals surface area contributed by atoms with Gasteiger partial charge in [0, 0.05) is 12.8 Å². The third kappa shape index (κ3) is 30.3. The lowest BCUT2D eigenvalue weighted by molar-refractivity contribution is -0.243. The minimum Gasteiger partial charge on any atom is -0.494 e. The fourth-order valence-corrected chi connectivity index (χ4v) is 6.36. The van der Waals surface area contributed by atoms with E-state index in [0.29, 0.717) is 51.2 Å². The van der Waals surface area contributed by atoms with E-state index >= 15 is 0 Å². The molecule has 0 rings (SSSR count). The molecule has 0 radical (unpaired) electrons. The van der Waals surface area contributed by atoms with Gasteiger partial charge in [-0.25, -0.2) is 0 Å². The molecule has 0 saturated heterocycles. The maximum absolute atomic E-state index is 7.08. The quantitative estimate of drug-likeness (QED) is 0.0346. The fraction of sp³-hybridized carbons (Fsp3) is 0.917. The largest absolute Gasteiger partial charge is 0.494 e. The van der Waals surface area contributed by atoms with Crippen molar-refractivity contribution < 1.29 is 33.2 Å². The summed E-state index contributed by atoms with van der Waals surface area (Å²) in [5.74, 6) is 3.00. The Morgan fingerprint density at radius 2 is 0.582 bits per heavy atom. The molecule has 0 fully saturated rings. The Labute approximate surface area is 342 Å². The Bertz CT molecular complexity index is 789. The van der Waals surface area contributed by atoms with Crippen LogP contribution in [0, 0.1) is 0 Å². The van der Waals surface area contributed by atoms with Crippen LogP contribution in [0.4, 0.5) is 0 Å². The first kappa shape index (κ1) is 53.6. The van der Waals surface area contributed by atoms with Gasteiger partial charge in [-0.05, 0) is 51.4 Å². The maximum Gasteiger partial charge on any atom is 0.223 e. The Morgan fingerprint density at radius 1 is 0.291 bits per heavy atom. The number of unbranched alkanes of at least 4 members (excludes halogenated alkanes) is 18. The van der Waals surface area contributed by atoms with Crippen molar-refractivity contribution in [3.8, 4) is 0 Å². The highest BCUT2D eigenvalue weighted by molar-refractivity contribution is 5.09. The minimum atomic E-state index is -0.795. The van der Waals surface area contributed by atoms with E-state index in [1.807, 2.05) is 0 Å². The molecule has 0 aromatic carbocycles. The fourth-order valence-electron chi connectivity index (χ4n) is 6.36. The van der Waals surface area contributed by atoms with Gasteiger partial charge in [-0.15, -0.1) is 0 Å². The second-order valence-corrected chi connectivity index (χ2v) is 15.4. The van der Waals surface area contributed by atoms with Crippen LogP contribution in [0.1, 0.15) is 235 Å². The first-order chi connectivity index (χ1) is 27.1. The van der Waals surface area contributed by atoms with E-state index in [9.17, 15) is 0 Å². The predicted molar refractivity (Wildman–Crippen MR) is 233 cm³/mol. The predicted octanol–water partition coefficient (Wildman–Crippen LogP) is 15.3. The number of hydrogen-bond donors (Lipinski definition) is 0. The standard InChI is InChI=1S/C48H94O7/c1-9-17-21-23-25-27-29-33-41-53-47(45(51-39-15-7)43(49-37-13-5)35-31-19-11-3)55-48(54-42-34-30-28-26-24-22-18-10-2)46(52-40-16-8)44(50-38-14-6)36-32-20-12-4/h47-48H,9-42H2,1-8H3. The van der Waals surface area contributed by atoms with Crippen LogP contribution in [0.5, 0.6) is 0 Å². The molecule has 0 aliphatic rings. The summed E-state index contributed by atoms with van der Waals surface area (Å²) in [6, 6.07) is 0. The molecule has 0 N–H and O–H groups in total. The lowest BCUT2D eigenvalue weighted by Crippen LogP contribution is -2.34. The van der Waals surface area contributed by atoms with Crippen LogP contribution >= 0.6 is 0 Å². The van der Waals surface area contributed by atoms with Gasteiger partial charge < -0.3 is 33.2 Å². The summed E-state index contributed by atoms with van der Waals surface area (Å²) in [5.41, 5.74) is 0. The molecule has 0 aromatic heterocycles. The molecule has 0 aromatic rings. The molecule has 2 atom stereocenters. The minimum absolute atomic E-state index is 0.559. The van der Waals surface area contributed by atoms with Crippen molar-refractivity contribution in [3.05, 3.63) is 23.0 Å². The molecule has 0 saturated carbocycles. The van der Waals surface area contributed by atoms with Crippen LogP contribution in [0.2, 0.25) is 0 Å². The zero-order chi connectivity index (χ0) is 40.5. The van der Waals surface area contributed by atoms with Gasteiger partial charge in [-0.2, -0.15) is 0 Å². The molecule has 7 heteroatoms. The van der Waals surface area contributed by atoms with Crippen LogP contribution in [0.25, 0.3) is 0 Å². The molecule has 55 heavy (non-hydrogen) atoms. The Kier molecular flexibility index (Phi) is 41.1. The van der Waals surface area contributed by atoms with E-state index in [-0.39, 0.29) is 0 Å². The van der Waals surface area contributed by atoms with Gasteiger partial charge in [0.25, 0.3) is 0 Å². The van der Waals surface area contributed by atoms with Crippen molar-refractivity contribution in [3.63, 3.8) is 0 Å². The molecule has 0 aliphatic carbocycles. The van der Waals surface area contributed by atoms with Crippen molar-refractivity contribution in [2.75, 3.05) is 39.6 Å². The van der Waals surface area contributed by atoms with Crippen LogP contribution in [-0.2, 0) is 33.2 Å². The first-order valence-corrected chi connectivity index (χ1v) is 23.9.